The highest BCUT2D eigenvalue weighted by molar-refractivity contribution is 7.17. The van der Waals surface area contributed by atoms with Gasteiger partial charge in [-0.3, -0.25) is 0 Å². The number of allylic oxidation sites excluding steroid dienone is 1. The number of aromatic nitrogens is 2. The number of nitrogen functional groups attached to an aromatic ring is 1. The Kier molecular flexibility index (Phi) is 5.41. The van der Waals surface area contributed by atoms with E-state index < -0.39 is 0 Å². The van der Waals surface area contributed by atoms with E-state index in [1.807, 2.05) is 24.3 Å². The maximum atomic E-state index is 5.76. The van der Waals surface area contributed by atoms with E-state index in [-0.39, 0.29) is 6.04 Å². The molecule has 1 atom stereocenters. The third kappa shape index (κ3) is 4.11. The van der Waals surface area contributed by atoms with Gasteiger partial charge in [0.2, 0.25) is 5.95 Å². The predicted molar refractivity (Wildman–Crippen MR) is 136 cm³/mol. The van der Waals surface area contributed by atoms with Crippen molar-refractivity contribution in [3.05, 3.63) is 77.8 Å². The topological polar surface area (TPSA) is 79.1 Å². The second kappa shape index (κ2) is 8.51. The van der Waals surface area contributed by atoms with Crippen LogP contribution in [0.5, 0.6) is 0 Å². The van der Waals surface area contributed by atoms with E-state index in [0.717, 1.165) is 63.7 Å². The number of nitrogens with one attached hydrogen (secondary N) is 2. The maximum Gasteiger partial charge on any atom is 0.225 e. The average Bonchev–Trinajstić information content (AvgIpc) is 3.44. The summed E-state index contributed by atoms with van der Waals surface area (Å²) in [5.41, 5.74) is 11.8. The van der Waals surface area contributed by atoms with Crippen molar-refractivity contribution >= 4 is 50.4 Å². The average molecular weight is 443 g/mol. The fourth-order valence-corrected chi connectivity index (χ4v) is 4.78. The third-order valence-corrected chi connectivity index (χ3v) is 6.63. The number of nitrogens with two attached hydrogens (primary N) is 1. The van der Waals surface area contributed by atoms with Crippen LogP contribution in [-0.2, 0) is 0 Å². The number of rotatable bonds is 6. The lowest BCUT2D eigenvalue weighted by Crippen LogP contribution is -2.18. The predicted octanol–water partition coefficient (Wildman–Crippen LogP) is 6.30. The summed E-state index contributed by atoms with van der Waals surface area (Å²) >= 11 is 1.68. The molecule has 1 aliphatic rings. The zero-order chi connectivity index (χ0) is 22.1. The van der Waals surface area contributed by atoms with Gasteiger partial charge in [-0.25, -0.2) is 4.98 Å². The maximum absolute atomic E-state index is 5.76. The van der Waals surface area contributed by atoms with E-state index in [9.17, 15) is 0 Å². The number of nitrogens with zero attached hydrogens (tertiary/aromatic N) is 3. The summed E-state index contributed by atoms with van der Waals surface area (Å²) in [6.07, 6.45) is 2.14. The molecule has 0 amide bonds. The van der Waals surface area contributed by atoms with Gasteiger partial charge in [-0.05, 0) is 73.2 Å². The highest BCUT2D eigenvalue weighted by atomic mass is 32.1. The second-order valence-corrected chi connectivity index (χ2v) is 8.98. The van der Waals surface area contributed by atoms with Gasteiger partial charge in [0.05, 0.1) is 16.3 Å². The standard InChI is InChI=1S/C25H26N6S/c1-16-4-3-14-31(16)24-23-22(13-15-32-23)29-25(30-24)27-17(2)18-5-9-20(10-6-18)28-21-11-7-19(26)8-12-21/h5-13,15,17,28H,1,3-4,14,26H2,2H3,(H,27,29,30). The number of hydrogen-bond donors (Lipinski definition) is 3. The van der Waals surface area contributed by atoms with E-state index in [1.165, 1.54) is 0 Å². The summed E-state index contributed by atoms with van der Waals surface area (Å²) in [6.45, 7) is 7.30. The normalized spacial score (nSPS) is 14.7. The molecule has 0 bridgehead atoms. The Bertz CT molecular complexity index is 1250. The molecule has 162 valence electrons. The number of thiophene rings is 1. The van der Waals surface area contributed by atoms with Gasteiger partial charge in [0.25, 0.3) is 0 Å². The van der Waals surface area contributed by atoms with Gasteiger partial charge < -0.3 is 21.3 Å². The molecule has 0 spiro atoms. The summed E-state index contributed by atoms with van der Waals surface area (Å²) in [5, 5.41) is 8.95. The van der Waals surface area contributed by atoms with E-state index >= 15 is 0 Å². The van der Waals surface area contributed by atoms with Crippen LogP contribution in [0.4, 0.5) is 28.8 Å². The van der Waals surface area contributed by atoms with Crippen LogP contribution in [0.15, 0.2) is 72.3 Å². The summed E-state index contributed by atoms with van der Waals surface area (Å²) in [6, 6.07) is 18.2. The van der Waals surface area contributed by atoms with Crippen LogP contribution in [-0.4, -0.2) is 16.5 Å². The molecule has 3 heterocycles. The van der Waals surface area contributed by atoms with Gasteiger partial charge in [0, 0.05) is 29.3 Å². The van der Waals surface area contributed by atoms with Crippen molar-refractivity contribution in [2.75, 3.05) is 27.8 Å². The van der Waals surface area contributed by atoms with Crippen LogP contribution in [0.2, 0.25) is 0 Å². The van der Waals surface area contributed by atoms with Gasteiger partial charge in [-0.2, -0.15) is 4.98 Å². The Labute approximate surface area is 191 Å². The minimum atomic E-state index is 0.0614. The largest absolute Gasteiger partial charge is 0.399 e. The molecule has 7 heteroatoms. The zero-order valence-corrected chi connectivity index (χ0v) is 18.8. The Hall–Kier alpha value is -3.58. The number of benzene rings is 2. The Balaban J connectivity index is 1.34. The van der Waals surface area contributed by atoms with Crippen LogP contribution in [0.3, 0.4) is 0 Å². The molecule has 1 unspecified atom stereocenters. The minimum Gasteiger partial charge on any atom is -0.399 e. The first kappa shape index (κ1) is 20.3. The molecular formula is C25H26N6S. The number of fused-ring (bicyclic) bond motifs is 1. The molecule has 4 N–H and O–H groups in total. The Morgan fingerprint density at radius 1 is 1.03 bits per heavy atom. The highest BCUT2D eigenvalue weighted by Gasteiger charge is 2.22. The summed E-state index contributed by atoms with van der Waals surface area (Å²) in [7, 11) is 0. The van der Waals surface area contributed by atoms with Crippen LogP contribution in [0, 0.1) is 0 Å². The molecule has 0 radical (unpaired) electrons. The van der Waals surface area contributed by atoms with E-state index in [1.54, 1.807) is 11.3 Å². The molecule has 0 saturated carbocycles. The van der Waals surface area contributed by atoms with Crippen LogP contribution >= 0.6 is 11.3 Å². The van der Waals surface area contributed by atoms with Crippen molar-refractivity contribution in [3.8, 4) is 0 Å². The third-order valence-electron chi connectivity index (χ3n) is 5.73. The van der Waals surface area contributed by atoms with Crippen molar-refractivity contribution in [2.24, 2.45) is 0 Å². The zero-order valence-electron chi connectivity index (χ0n) is 18.0. The van der Waals surface area contributed by atoms with Gasteiger partial charge in [0.1, 0.15) is 0 Å². The molecule has 5 rings (SSSR count). The quantitative estimate of drug-likeness (QED) is 0.304. The number of anilines is 5. The summed E-state index contributed by atoms with van der Waals surface area (Å²) in [4.78, 5) is 11.9. The first-order chi connectivity index (χ1) is 15.6. The molecule has 1 aliphatic heterocycles. The van der Waals surface area contributed by atoms with Crippen LogP contribution in [0.25, 0.3) is 10.2 Å². The molecule has 2 aromatic carbocycles. The molecule has 4 aromatic rings. The van der Waals surface area contributed by atoms with E-state index in [2.05, 4.69) is 64.7 Å². The van der Waals surface area contributed by atoms with Crippen molar-refractivity contribution in [1.29, 1.82) is 0 Å². The lowest BCUT2D eigenvalue weighted by Gasteiger charge is -2.21. The van der Waals surface area contributed by atoms with Gasteiger partial charge >= 0.3 is 0 Å². The molecule has 1 fully saturated rings. The molecule has 6 nitrogen and oxygen atoms in total. The number of hydrogen-bond acceptors (Lipinski definition) is 7. The summed E-state index contributed by atoms with van der Waals surface area (Å²) < 4.78 is 1.12. The summed E-state index contributed by atoms with van der Waals surface area (Å²) in [5.74, 6) is 1.60. The lowest BCUT2D eigenvalue weighted by atomic mass is 10.1. The van der Waals surface area contributed by atoms with Crippen molar-refractivity contribution in [3.63, 3.8) is 0 Å². The molecule has 1 saturated heterocycles. The fourth-order valence-electron chi connectivity index (χ4n) is 3.95. The van der Waals surface area contributed by atoms with Crippen LogP contribution in [0.1, 0.15) is 31.4 Å². The molecular weight excluding hydrogens is 416 g/mol. The molecule has 2 aromatic heterocycles. The minimum absolute atomic E-state index is 0.0614. The molecule has 32 heavy (non-hydrogen) atoms. The first-order valence-electron chi connectivity index (χ1n) is 10.8. The van der Waals surface area contributed by atoms with Crippen molar-refractivity contribution < 1.29 is 0 Å². The highest BCUT2D eigenvalue weighted by Crippen LogP contribution is 2.35. The molecule has 0 aliphatic carbocycles. The van der Waals surface area contributed by atoms with Gasteiger partial charge in [-0.15, -0.1) is 11.3 Å². The van der Waals surface area contributed by atoms with E-state index in [0.29, 0.717) is 5.95 Å². The van der Waals surface area contributed by atoms with Gasteiger partial charge in [0.15, 0.2) is 5.82 Å². The lowest BCUT2D eigenvalue weighted by molar-refractivity contribution is 0.860. The smallest absolute Gasteiger partial charge is 0.225 e. The van der Waals surface area contributed by atoms with Crippen molar-refractivity contribution in [2.45, 2.75) is 25.8 Å². The van der Waals surface area contributed by atoms with Crippen LogP contribution < -0.4 is 21.3 Å². The first-order valence-corrected chi connectivity index (χ1v) is 11.6. The van der Waals surface area contributed by atoms with Crippen molar-refractivity contribution in [1.82, 2.24) is 9.97 Å². The second-order valence-electron chi connectivity index (χ2n) is 8.06. The SMILES string of the molecule is C=C1CCCN1c1nc(NC(C)c2ccc(Nc3ccc(N)cc3)cc2)nc2ccsc12. The van der Waals surface area contributed by atoms with E-state index in [4.69, 9.17) is 15.7 Å². The van der Waals surface area contributed by atoms with Gasteiger partial charge in [-0.1, -0.05) is 18.7 Å². The Morgan fingerprint density at radius 2 is 1.75 bits per heavy atom. The Morgan fingerprint density at radius 3 is 2.44 bits per heavy atom. The monoisotopic (exact) mass is 442 g/mol. The fraction of sp³-hybridized carbons (Fsp3) is 0.200.